The molecule has 1 aromatic heterocycles. The van der Waals surface area contributed by atoms with Gasteiger partial charge in [0.15, 0.2) is 0 Å². The summed E-state index contributed by atoms with van der Waals surface area (Å²) >= 11 is 0. The molecular formula is C20H22N4O2. The summed E-state index contributed by atoms with van der Waals surface area (Å²) in [4.78, 5) is 18.1. The summed E-state index contributed by atoms with van der Waals surface area (Å²) < 4.78 is 2.06. The number of amides is 1. The van der Waals surface area contributed by atoms with Crippen LogP contribution in [0.25, 0.3) is 11.0 Å². The molecule has 0 spiro atoms. The number of carboxylic acid groups (broad SMARTS) is 1. The number of hydrogen-bond donors (Lipinski definition) is 2. The fourth-order valence-electron chi connectivity index (χ4n) is 3.78. The van der Waals surface area contributed by atoms with E-state index in [1.807, 2.05) is 30.3 Å². The fourth-order valence-corrected chi connectivity index (χ4v) is 3.78. The quantitative estimate of drug-likeness (QED) is 0.747. The van der Waals surface area contributed by atoms with Crippen LogP contribution in [0.5, 0.6) is 0 Å². The molecule has 26 heavy (non-hydrogen) atoms. The minimum Gasteiger partial charge on any atom is -0.465 e. The normalized spacial score (nSPS) is 16.0. The number of hydrogen-bond acceptors (Lipinski definition) is 3. The molecule has 3 aromatic rings. The average Bonchev–Trinajstić information content (AvgIpc) is 3.00. The van der Waals surface area contributed by atoms with Crippen molar-refractivity contribution in [1.29, 1.82) is 0 Å². The van der Waals surface area contributed by atoms with Crippen LogP contribution in [-0.2, 0) is 6.54 Å². The largest absolute Gasteiger partial charge is 0.465 e. The summed E-state index contributed by atoms with van der Waals surface area (Å²) in [6.07, 6.45) is 0.867. The maximum Gasteiger partial charge on any atom is 0.411 e. The predicted octanol–water partition coefficient (Wildman–Crippen LogP) is 3.96. The second-order valence-corrected chi connectivity index (χ2v) is 6.72. The van der Waals surface area contributed by atoms with E-state index in [1.165, 1.54) is 5.56 Å². The lowest BCUT2D eigenvalue weighted by Gasteiger charge is -2.33. The molecule has 6 nitrogen and oxygen atoms in total. The van der Waals surface area contributed by atoms with Crippen LogP contribution in [0.3, 0.4) is 0 Å². The van der Waals surface area contributed by atoms with Crippen molar-refractivity contribution in [2.24, 2.45) is 0 Å². The molecule has 134 valence electrons. The molecular weight excluding hydrogens is 328 g/mol. The second-order valence-electron chi connectivity index (χ2n) is 6.72. The molecule has 1 aliphatic rings. The Labute approximate surface area is 152 Å². The Hall–Kier alpha value is -2.86. The van der Waals surface area contributed by atoms with Crippen molar-refractivity contribution in [2.75, 3.05) is 18.4 Å². The molecule has 0 radical (unpaired) electrons. The van der Waals surface area contributed by atoms with Crippen LogP contribution in [0.1, 0.15) is 24.4 Å². The van der Waals surface area contributed by atoms with Gasteiger partial charge in [-0.05, 0) is 30.5 Å². The standard InChI is InChI=1S/C20H22N4O2/c25-20(26)22-19-21-17-8-4-5-9-18(17)24(19)16-10-12-23(13-11-16)14-15-6-2-1-3-7-15/h1-9,16H,10-14H2,(H,21,22)(H,25,26). The maximum absolute atomic E-state index is 11.2. The van der Waals surface area contributed by atoms with Crippen molar-refractivity contribution in [3.8, 4) is 0 Å². The molecule has 1 fully saturated rings. The van der Waals surface area contributed by atoms with E-state index >= 15 is 0 Å². The minimum absolute atomic E-state index is 0.247. The molecule has 1 saturated heterocycles. The number of piperidine rings is 1. The van der Waals surface area contributed by atoms with Crippen molar-refractivity contribution in [3.05, 3.63) is 60.2 Å². The number of aromatic nitrogens is 2. The van der Waals surface area contributed by atoms with Gasteiger partial charge in [0.1, 0.15) is 0 Å². The van der Waals surface area contributed by atoms with Crippen LogP contribution < -0.4 is 5.32 Å². The number of nitrogens with one attached hydrogen (secondary N) is 1. The summed E-state index contributed by atoms with van der Waals surface area (Å²) in [5.41, 5.74) is 3.13. The first-order valence-electron chi connectivity index (χ1n) is 8.94. The van der Waals surface area contributed by atoms with Gasteiger partial charge < -0.3 is 9.67 Å². The second kappa shape index (κ2) is 7.17. The highest BCUT2D eigenvalue weighted by atomic mass is 16.4. The molecule has 0 atom stereocenters. The van der Waals surface area contributed by atoms with Crippen LogP contribution >= 0.6 is 0 Å². The first kappa shape index (κ1) is 16.6. The lowest BCUT2D eigenvalue weighted by atomic mass is 10.0. The highest BCUT2D eigenvalue weighted by molar-refractivity contribution is 5.86. The van der Waals surface area contributed by atoms with Crippen molar-refractivity contribution in [1.82, 2.24) is 14.5 Å². The van der Waals surface area contributed by atoms with Gasteiger partial charge in [-0.25, -0.2) is 9.78 Å². The predicted molar refractivity (Wildman–Crippen MR) is 101 cm³/mol. The Balaban J connectivity index is 1.52. The minimum atomic E-state index is -1.08. The number of benzene rings is 2. The molecule has 1 amide bonds. The monoisotopic (exact) mass is 350 g/mol. The highest BCUT2D eigenvalue weighted by Crippen LogP contribution is 2.31. The summed E-state index contributed by atoms with van der Waals surface area (Å²) in [7, 11) is 0. The molecule has 6 heteroatoms. The SMILES string of the molecule is O=C(O)Nc1nc2ccccc2n1C1CCN(Cc2ccccc2)CC1. The van der Waals surface area contributed by atoms with Gasteiger partial charge in [0, 0.05) is 25.7 Å². The smallest absolute Gasteiger partial charge is 0.411 e. The van der Waals surface area contributed by atoms with E-state index in [0.29, 0.717) is 5.95 Å². The van der Waals surface area contributed by atoms with Crippen molar-refractivity contribution < 1.29 is 9.90 Å². The first-order chi connectivity index (χ1) is 12.7. The van der Waals surface area contributed by atoms with Gasteiger partial charge in [0.2, 0.25) is 5.95 Å². The Bertz CT molecular complexity index is 899. The van der Waals surface area contributed by atoms with Gasteiger partial charge in [0.05, 0.1) is 11.0 Å². The number of fused-ring (bicyclic) bond motifs is 1. The molecule has 0 aliphatic carbocycles. The van der Waals surface area contributed by atoms with E-state index in [9.17, 15) is 4.79 Å². The molecule has 2 aromatic carbocycles. The van der Waals surface area contributed by atoms with Gasteiger partial charge in [-0.2, -0.15) is 0 Å². The molecule has 0 unspecified atom stereocenters. The molecule has 4 rings (SSSR count). The molecule has 0 saturated carbocycles. The number of carbonyl (C=O) groups is 1. The van der Waals surface area contributed by atoms with E-state index < -0.39 is 6.09 Å². The zero-order valence-corrected chi connectivity index (χ0v) is 14.5. The van der Waals surface area contributed by atoms with Gasteiger partial charge >= 0.3 is 6.09 Å². The number of likely N-dealkylation sites (tertiary alicyclic amines) is 1. The molecule has 0 bridgehead atoms. The third-order valence-electron chi connectivity index (χ3n) is 4.99. The van der Waals surface area contributed by atoms with Gasteiger partial charge in [-0.15, -0.1) is 0 Å². The van der Waals surface area contributed by atoms with E-state index in [-0.39, 0.29) is 6.04 Å². The zero-order valence-electron chi connectivity index (χ0n) is 14.5. The number of imidazole rings is 1. The Kier molecular flexibility index (Phi) is 4.58. The molecule has 2 heterocycles. The fraction of sp³-hybridized carbons (Fsp3) is 0.300. The lowest BCUT2D eigenvalue weighted by molar-refractivity contribution is 0.182. The van der Waals surface area contributed by atoms with E-state index in [2.05, 4.69) is 44.0 Å². The average molecular weight is 350 g/mol. The van der Waals surface area contributed by atoms with Crippen LogP contribution in [0.2, 0.25) is 0 Å². The van der Waals surface area contributed by atoms with Crippen LogP contribution in [0.15, 0.2) is 54.6 Å². The first-order valence-corrected chi connectivity index (χ1v) is 8.94. The number of rotatable bonds is 4. The third kappa shape index (κ3) is 3.41. The summed E-state index contributed by atoms with van der Waals surface area (Å²) in [6.45, 7) is 2.93. The molecule has 2 N–H and O–H groups in total. The number of para-hydroxylation sites is 2. The Morgan fingerprint density at radius 3 is 2.50 bits per heavy atom. The van der Waals surface area contributed by atoms with Gasteiger partial charge in [-0.3, -0.25) is 10.2 Å². The Morgan fingerprint density at radius 2 is 1.77 bits per heavy atom. The number of nitrogens with zero attached hydrogens (tertiary/aromatic N) is 3. The van der Waals surface area contributed by atoms with Crippen molar-refractivity contribution in [2.45, 2.75) is 25.4 Å². The van der Waals surface area contributed by atoms with Crippen molar-refractivity contribution >= 4 is 23.1 Å². The number of anilines is 1. The van der Waals surface area contributed by atoms with Gasteiger partial charge in [0.25, 0.3) is 0 Å². The lowest BCUT2D eigenvalue weighted by Crippen LogP contribution is -2.34. The van der Waals surface area contributed by atoms with Crippen LogP contribution in [0, 0.1) is 0 Å². The molecule has 1 aliphatic heterocycles. The summed E-state index contributed by atoms with van der Waals surface area (Å²) in [5, 5.41) is 11.6. The summed E-state index contributed by atoms with van der Waals surface area (Å²) in [6, 6.07) is 18.6. The highest BCUT2D eigenvalue weighted by Gasteiger charge is 2.25. The topological polar surface area (TPSA) is 70.4 Å². The van der Waals surface area contributed by atoms with Gasteiger partial charge in [-0.1, -0.05) is 42.5 Å². The van der Waals surface area contributed by atoms with Crippen molar-refractivity contribution in [3.63, 3.8) is 0 Å². The maximum atomic E-state index is 11.2. The van der Waals surface area contributed by atoms with E-state index in [0.717, 1.165) is 43.5 Å². The van der Waals surface area contributed by atoms with E-state index in [1.54, 1.807) is 0 Å². The third-order valence-corrected chi connectivity index (χ3v) is 4.99. The zero-order chi connectivity index (χ0) is 17.9. The summed E-state index contributed by atoms with van der Waals surface area (Å²) in [5.74, 6) is 0.417. The Morgan fingerprint density at radius 1 is 1.08 bits per heavy atom. The van der Waals surface area contributed by atoms with Crippen LogP contribution in [-0.4, -0.2) is 38.7 Å². The van der Waals surface area contributed by atoms with E-state index in [4.69, 9.17) is 5.11 Å². The van der Waals surface area contributed by atoms with Crippen LogP contribution in [0.4, 0.5) is 10.7 Å².